The van der Waals surface area contributed by atoms with Crippen LogP contribution in [0.3, 0.4) is 0 Å². The molecule has 12 heavy (non-hydrogen) atoms. The van der Waals surface area contributed by atoms with Crippen LogP contribution in [-0.2, 0) is 0 Å². The third-order valence-corrected chi connectivity index (χ3v) is 1.72. The Morgan fingerprint density at radius 2 is 1.33 bits per heavy atom. The van der Waals surface area contributed by atoms with Crippen LogP contribution in [0.15, 0.2) is 60.2 Å². The van der Waals surface area contributed by atoms with Crippen LogP contribution in [0.5, 0.6) is 0 Å². The van der Waals surface area contributed by atoms with Gasteiger partial charge in [-0.25, -0.2) is 0 Å². The van der Waals surface area contributed by atoms with Crippen molar-refractivity contribution in [2.24, 2.45) is 0 Å². The molecular weight excluding hydrogens is 166 g/mol. The predicted molar refractivity (Wildman–Crippen MR) is 55.4 cm³/mol. The topological polar surface area (TPSA) is 12.0 Å². The van der Waals surface area contributed by atoms with Crippen molar-refractivity contribution in [3.63, 3.8) is 0 Å². The van der Waals surface area contributed by atoms with E-state index < -0.39 is 0 Å². The number of rotatable bonds is 0. The van der Waals surface area contributed by atoms with E-state index in [1.807, 2.05) is 60.2 Å². The summed E-state index contributed by atoms with van der Waals surface area (Å²) < 4.78 is 2.93. The molecule has 0 aromatic heterocycles. The van der Waals surface area contributed by atoms with E-state index >= 15 is 0 Å². The van der Waals surface area contributed by atoms with Gasteiger partial charge < -0.3 is 4.72 Å². The van der Waals surface area contributed by atoms with Crippen molar-refractivity contribution in [2.45, 2.75) is 0 Å². The molecule has 0 saturated heterocycles. The van der Waals surface area contributed by atoms with Crippen LogP contribution in [0, 0.1) is 0 Å². The molecule has 0 atom stereocenters. The van der Waals surface area contributed by atoms with Crippen LogP contribution in [-0.4, -0.2) is 0 Å². The maximum atomic E-state index is 2.93. The molecule has 1 N–H and O–H groups in total. The van der Waals surface area contributed by atoms with Gasteiger partial charge in [-0.05, 0) is 23.4 Å². The van der Waals surface area contributed by atoms with E-state index in [0.29, 0.717) is 0 Å². The van der Waals surface area contributed by atoms with Crippen molar-refractivity contribution in [1.82, 2.24) is 4.72 Å². The Morgan fingerprint density at radius 3 is 1.50 bits per heavy atom. The summed E-state index contributed by atoms with van der Waals surface area (Å²) in [4.78, 5) is 0. The quantitative estimate of drug-likeness (QED) is 0.611. The van der Waals surface area contributed by atoms with Crippen LogP contribution >= 0.6 is 11.9 Å². The van der Waals surface area contributed by atoms with Crippen LogP contribution in [0.4, 0.5) is 0 Å². The predicted octanol–water partition coefficient (Wildman–Crippen LogP) is 2.95. The minimum atomic E-state index is 1.58. The second-order valence-corrected chi connectivity index (χ2v) is 2.82. The maximum Gasteiger partial charge on any atom is 0.00756 e. The Hall–Kier alpha value is -1.15. The summed E-state index contributed by atoms with van der Waals surface area (Å²) in [7, 11) is 0. The molecule has 1 aliphatic heterocycles. The molecule has 0 spiro atoms. The molecular formula is C10H11NS. The third kappa shape index (κ3) is 4.63. The van der Waals surface area contributed by atoms with Gasteiger partial charge in [0.25, 0.3) is 0 Å². The SMILES string of the molecule is C1=CNSC=C1.c1ccccc1. The lowest BCUT2D eigenvalue weighted by atomic mass is 10.4. The van der Waals surface area contributed by atoms with Crippen molar-refractivity contribution >= 4 is 11.9 Å². The molecule has 0 amide bonds. The summed E-state index contributed by atoms with van der Waals surface area (Å²) in [6.45, 7) is 0. The number of hydrogen-bond donors (Lipinski definition) is 1. The summed E-state index contributed by atoms with van der Waals surface area (Å²) in [5, 5.41) is 1.99. The van der Waals surface area contributed by atoms with E-state index in [4.69, 9.17) is 0 Å². The Bertz CT molecular complexity index is 203. The van der Waals surface area contributed by atoms with Crippen LogP contribution in [0.2, 0.25) is 0 Å². The Kier molecular flexibility index (Phi) is 4.88. The van der Waals surface area contributed by atoms with Gasteiger partial charge in [0.2, 0.25) is 0 Å². The maximum absolute atomic E-state index is 2.93. The number of benzene rings is 1. The van der Waals surface area contributed by atoms with E-state index in [9.17, 15) is 0 Å². The van der Waals surface area contributed by atoms with Gasteiger partial charge in [-0.3, -0.25) is 0 Å². The first kappa shape index (κ1) is 8.94. The zero-order valence-corrected chi connectivity index (χ0v) is 7.50. The Morgan fingerprint density at radius 1 is 0.750 bits per heavy atom. The standard InChI is InChI=1S/C6H6.C4H5NS/c2*1-2-4-6-5-3-1/h1-6H;1-5H. The van der Waals surface area contributed by atoms with Crippen molar-refractivity contribution in [1.29, 1.82) is 0 Å². The molecule has 1 heterocycles. The van der Waals surface area contributed by atoms with Crippen molar-refractivity contribution in [2.75, 3.05) is 0 Å². The average molecular weight is 177 g/mol. The van der Waals surface area contributed by atoms with Gasteiger partial charge in [0.05, 0.1) is 0 Å². The normalized spacial score (nSPS) is 12.7. The van der Waals surface area contributed by atoms with Gasteiger partial charge in [0, 0.05) is 6.20 Å². The van der Waals surface area contributed by atoms with E-state index in [2.05, 4.69) is 4.72 Å². The highest BCUT2D eigenvalue weighted by atomic mass is 32.2. The molecule has 0 radical (unpaired) electrons. The largest absolute Gasteiger partial charge is 0.333 e. The molecule has 0 saturated carbocycles. The molecule has 62 valence electrons. The Balaban J connectivity index is 0.000000120. The molecule has 2 heteroatoms. The highest BCUT2D eigenvalue weighted by Crippen LogP contribution is 1.98. The molecule has 1 aromatic rings. The van der Waals surface area contributed by atoms with E-state index in [0.717, 1.165) is 0 Å². The summed E-state index contributed by atoms with van der Waals surface area (Å²) in [5.41, 5.74) is 0. The number of nitrogens with one attached hydrogen (secondary N) is 1. The molecule has 1 aliphatic rings. The number of allylic oxidation sites excluding steroid dienone is 2. The summed E-state index contributed by atoms with van der Waals surface area (Å²) in [5.74, 6) is 0. The lowest BCUT2D eigenvalue weighted by molar-refractivity contribution is 1.42. The molecule has 1 aromatic carbocycles. The first-order chi connectivity index (χ1) is 6.00. The monoisotopic (exact) mass is 177 g/mol. The Labute approximate surface area is 77.3 Å². The molecule has 0 unspecified atom stereocenters. The van der Waals surface area contributed by atoms with Crippen molar-refractivity contribution in [3.8, 4) is 0 Å². The molecule has 0 bridgehead atoms. The molecule has 2 rings (SSSR count). The summed E-state index contributed by atoms with van der Waals surface area (Å²) >= 11 is 1.58. The van der Waals surface area contributed by atoms with Gasteiger partial charge in [0.15, 0.2) is 0 Å². The summed E-state index contributed by atoms with van der Waals surface area (Å²) in [6.07, 6.45) is 5.84. The highest BCUT2D eigenvalue weighted by molar-refractivity contribution is 8.00. The highest BCUT2D eigenvalue weighted by Gasteiger charge is 1.74. The van der Waals surface area contributed by atoms with Gasteiger partial charge >= 0.3 is 0 Å². The van der Waals surface area contributed by atoms with Gasteiger partial charge in [0.1, 0.15) is 0 Å². The van der Waals surface area contributed by atoms with Crippen LogP contribution < -0.4 is 4.72 Å². The average Bonchev–Trinajstić information content (AvgIpc) is 2.24. The number of hydrogen-bond acceptors (Lipinski definition) is 2. The molecule has 0 aliphatic carbocycles. The molecule has 0 fully saturated rings. The summed E-state index contributed by atoms with van der Waals surface area (Å²) in [6, 6.07) is 12.0. The van der Waals surface area contributed by atoms with Gasteiger partial charge in [-0.15, -0.1) is 0 Å². The minimum Gasteiger partial charge on any atom is -0.333 e. The van der Waals surface area contributed by atoms with Gasteiger partial charge in [-0.1, -0.05) is 42.5 Å². The van der Waals surface area contributed by atoms with E-state index in [1.54, 1.807) is 11.9 Å². The van der Waals surface area contributed by atoms with E-state index in [-0.39, 0.29) is 0 Å². The fourth-order valence-corrected chi connectivity index (χ4v) is 1.05. The minimum absolute atomic E-state index is 1.58. The van der Waals surface area contributed by atoms with Crippen molar-refractivity contribution < 1.29 is 0 Å². The zero-order chi connectivity index (χ0) is 8.49. The first-order valence-electron chi connectivity index (χ1n) is 3.73. The van der Waals surface area contributed by atoms with Crippen molar-refractivity contribution in [3.05, 3.63) is 60.2 Å². The fourth-order valence-electron chi connectivity index (χ4n) is 0.643. The van der Waals surface area contributed by atoms with E-state index in [1.165, 1.54) is 0 Å². The lowest BCUT2D eigenvalue weighted by Crippen LogP contribution is -1.88. The fraction of sp³-hybridized carbons (Fsp3) is 0. The lowest BCUT2D eigenvalue weighted by Gasteiger charge is -1.93. The second-order valence-electron chi connectivity index (χ2n) is 2.08. The first-order valence-corrected chi connectivity index (χ1v) is 4.61. The second kappa shape index (κ2) is 6.55. The molecule has 1 nitrogen and oxygen atoms in total. The van der Waals surface area contributed by atoms with Crippen LogP contribution in [0.25, 0.3) is 0 Å². The third-order valence-electron chi connectivity index (χ3n) is 1.16. The zero-order valence-electron chi connectivity index (χ0n) is 6.68. The smallest absolute Gasteiger partial charge is 0.00756 e. The van der Waals surface area contributed by atoms with Gasteiger partial charge in [-0.2, -0.15) is 0 Å². The van der Waals surface area contributed by atoms with Crippen LogP contribution in [0.1, 0.15) is 0 Å².